The molecule has 35 heavy (non-hydrogen) atoms. The zero-order valence-corrected chi connectivity index (χ0v) is 19.2. The first kappa shape index (κ1) is 24.7. The molecule has 3 aromatic carbocycles. The van der Waals surface area contributed by atoms with Crippen LogP contribution < -0.4 is 9.75 Å². The molecule has 0 atom stereocenters. The maximum absolute atomic E-state index is 14.3. The lowest BCUT2D eigenvalue weighted by molar-refractivity contribution is -0.114. The first-order valence-corrected chi connectivity index (χ1v) is 10.6. The molecule has 0 spiro atoms. The number of benzene rings is 3. The molecule has 180 valence electrons. The van der Waals surface area contributed by atoms with Crippen molar-refractivity contribution in [2.45, 2.75) is 13.5 Å². The molecular weight excluding hydrogens is 514 g/mol. The van der Waals surface area contributed by atoms with E-state index in [-0.39, 0.29) is 28.7 Å². The molecule has 4 nitrogen and oxygen atoms in total. The van der Waals surface area contributed by atoms with Crippen LogP contribution in [0, 0.1) is 29.1 Å². The van der Waals surface area contributed by atoms with Crippen LogP contribution in [0.3, 0.4) is 0 Å². The van der Waals surface area contributed by atoms with Gasteiger partial charge in [-0.2, -0.15) is 10.1 Å². The number of hydrogen-bond acceptors (Lipinski definition) is 3. The molecule has 0 N–H and O–H groups in total. The topological polar surface area (TPSA) is 41.9 Å². The maximum Gasteiger partial charge on any atom is 0.280 e. The van der Waals surface area contributed by atoms with Gasteiger partial charge in [-0.15, -0.1) is 0 Å². The quantitative estimate of drug-likeness (QED) is 0.154. The number of amides is 1. The van der Waals surface area contributed by atoms with Gasteiger partial charge >= 0.3 is 0 Å². The van der Waals surface area contributed by atoms with E-state index in [1.807, 2.05) is 0 Å². The SMILES string of the molecule is CC1=NN(c2c(F)c(F)c(F)c(F)c2F)C(=O)/C1=C\c1cc(Cl)ccc1OCc1ccccc1Cl. The van der Waals surface area contributed by atoms with Gasteiger partial charge in [-0.05, 0) is 37.3 Å². The van der Waals surface area contributed by atoms with Gasteiger partial charge in [-0.25, -0.2) is 22.0 Å². The molecule has 3 aromatic rings. The molecule has 0 fully saturated rings. The summed E-state index contributed by atoms with van der Waals surface area (Å²) in [5.41, 5.74) is -0.679. The van der Waals surface area contributed by atoms with Crippen LogP contribution >= 0.6 is 23.2 Å². The molecule has 0 aliphatic carbocycles. The van der Waals surface area contributed by atoms with Gasteiger partial charge < -0.3 is 4.74 Å². The van der Waals surface area contributed by atoms with Crippen LogP contribution in [-0.2, 0) is 11.4 Å². The third kappa shape index (κ3) is 4.61. The van der Waals surface area contributed by atoms with E-state index >= 15 is 0 Å². The second-order valence-corrected chi connectivity index (χ2v) is 8.18. The van der Waals surface area contributed by atoms with E-state index in [9.17, 15) is 26.7 Å². The Hall–Kier alpha value is -3.43. The summed E-state index contributed by atoms with van der Waals surface area (Å²) in [6, 6.07) is 11.5. The highest BCUT2D eigenvalue weighted by Crippen LogP contribution is 2.35. The molecule has 0 saturated carbocycles. The minimum Gasteiger partial charge on any atom is -0.488 e. The van der Waals surface area contributed by atoms with Gasteiger partial charge in [0.25, 0.3) is 5.91 Å². The maximum atomic E-state index is 14.3. The summed E-state index contributed by atoms with van der Waals surface area (Å²) in [6.45, 7) is 1.42. The Kier molecular flexibility index (Phi) is 6.82. The van der Waals surface area contributed by atoms with Crippen molar-refractivity contribution in [3.05, 3.63) is 98.3 Å². The molecule has 1 heterocycles. The molecule has 4 rings (SSSR count). The van der Waals surface area contributed by atoms with Gasteiger partial charge in [0.05, 0.1) is 11.3 Å². The van der Waals surface area contributed by atoms with E-state index in [2.05, 4.69) is 5.10 Å². The molecule has 0 unspecified atom stereocenters. The molecule has 11 heteroatoms. The minimum absolute atomic E-state index is 0.0315. The number of hydrogen-bond donors (Lipinski definition) is 0. The number of rotatable bonds is 5. The molecule has 0 bridgehead atoms. The first-order valence-electron chi connectivity index (χ1n) is 9.89. The zero-order chi connectivity index (χ0) is 25.4. The van der Waals surface area contributed by atoms with Crippen LogP contribution in [0.4, 0.5) is 27.6 Å². The Morgan fingerprint density at radius 2 is 1.57 bits per heavy atom. The molecule has 1 amide bonds. The van der Waals surface area contributed by atoms with Gasteiger partial charge in [0.1, 0.15) is 18.0 Å². The minimum atomic E-state index is -2.34. The van der Waals surface area contributed by atoms with Gasteiger partial charge in [0, 0.05) is 21.2 Å². The van der Waals surface area contributed by atoms with Crippen LogP contribution in [0.25, 0.3) is 6.08 Å². The molecular formula is C24H13Cl2F5N2O2. The van der Waals surface area contributed by atoms with E-state index < -0.39 is 40.7 Å². The standard InChI is InChI=1S/C24H13Cl2F5N2O2/c1-11-15(24(34)33(32-11)23-21(30)19(28)18(27)20(29)22(23)31)9-13-8-14(25)6-7-17(13)35-10-12-4-2-3-5-16(12)26/h2-9H,10H2,1H3/b15-9-. The number of hydrazone groups is 1. The fraction of sp³-hybridized carbons (Fsp3) is 0.0833. The van der Waals surface area contributed by atoms with Gasteiger partial charge in [0.15, 0.2) is 23.3 Å². The van der Waals surface area contributed by atoms with E-state index in [0.29, 0.717) is 21.2 Å². The number of anilines is 1. The third-order valence-corrected chi connectivity index (χ3v) is 5.68. The van der Waals surface area contributed by atoms with Crippen molar-refractivity contribution >= 4 is 46.6 Å². The number of carbonyl (C=O) groups is 1. The number of nitrogens with zero attached hydrogens (tertiary/aromatic N) is 2. The van der Waals surface area contributed by atoms with E-state index in [0.717, 1.165) is 0 Å². The highest BCUT2D eigenvalue weighted by molar-refractivity contribution is 6.33. The Balaban J connectivity index is 1.71. The molecule has 1 aliphatic heterocycles. The molecule has 0 radical (unpaired) electrons. The Labute approximate surface area is 205 Å². The largest absolute Gasteiger partial charge is 0.488 e. The molecule has 0 aromatic heterocycles. The summed E-state index contributed by atoms with van der Waals surface area (Å²) in [7, 11) is 0. The summed E-state index contributed by atoms with van der Waals surface area (Å²) >= 11 is 12.2. The lowest BCUT2D eigenvalue weighted by Gasteiger charge is -2.15. The summed E-state index contributed by atoms with van der Waals surface area (Å²) < 4.78 is 75.1. The lowest BCUT2D eigenvalue weighted by atomic mass is 10.1. The average Bonchev–Trinajstić information content (AvgIpc) is 3.10. The second-order valence-electron chi connectivity index (χ2n) is 7.34. The second kappa shape index (κ2) is 9.67. The van der Waals surface area contributed by atoms with Crippen molar-refractivity contribution in [2.75, 3.05) is 5.01 Å². The van der Waals surface area contributed by atoms with Crippen molar-refractivity contribution in [1.82, 2.24) is 0 Å². The normalized spacial score (nSPS) is 14.6. The Morgan fingerprint density at radius 3 is 2.23 bits per heavy atom. The molecule has 0 saturated heterocycles. The number of halogens is 7. The summed E-state index contributed by atoms with van der Waals surface area (Å²) in [4.78, 5) is 12.9. The van der Waals surface area contributed by atoms with Crippen LogP contribution in [0.1, 0.15) is 18.1 Å². The van der Waals surface area contributed by atoms with Crippen LogP contribution in [-0.4, -0.2) is 11.6 Å². The van der Waals surface area contributed by atoms with Crippen LogP contribution in [0.2, 0.25) is 10.0 Å². The summed E-state index contributed by atoms with van der Waals surface area (Å²) in [5.74, 6) is -11.9. The van der Waals surface area contributed by atoms with Crippen LogP contribution in [0.5, 0.6) is 5.75 Å². The third-order valence-electron chi connectivity index (χ3n) is 5.07. The Bertz CT molecular complexity index is 1400. The predicted molar refractivity (Wildman–Crippen MR) is 122 cm³/mol. The fourth-order valence-electron chi connectivity index (χ4n) is 3.31. The van der Waals surface area contributed by atoms with Gasteiger partial charge in [-0.1, -0.05) is 41.4 Å². The number of carbonyl (C=O) groups excluding carboxylic acids is 1. The highest BCUT2D eigenvalue weighted by atomic mass is 35.5. The summed E-state index contributed by atoms with van der Waals surface area (Å²) in [6.07, 6.45) is 1.29. The van der Waals surface area contributed by atoms with Crippen LogP contribution in [0.15, 0.2) is 53.1 Å². The van der Waals surface area contributed by atoms with E-state index in [1.54, 1.807) is 36.4 Å². The van der Waals surface area contributed by atoms with Gasteiger partial charge in [0.2, 0.25) is 5.82 Å². The van der Waals surface area contributed by atoms with Crippen molar-refractivity contribution in [3.8, 4) is 5.75 Å². The van der Waals surface area contributed by atoms with Crippen molar-refractivity contribution in [3.63, 3.8) is 0 Å². The Morgan fingerprint density at radius 1 is 0.943 bits per heavy atom. The van der Waals surface area contributed by atoms with Gasteiger partial charge in [-0.3, -0.25) is 4.79 Å². The zero-order valence-electron chi connectivity index (χ0n) is 17.7. The molecule has 1 aliphatic rings. The first-order chi connectivity index (χ1) is 16.6. The highest BCUT2D eigenvalue weighted by Gasteiger charge is 2.37. The fourth-order valence-corrected chi connectivity index (χ4v) is 3.68. The smallest absolute Gasteiger partial charge is 0.280 e. The van der Waals surface area contributed by atoms with Crippen molar-refractivity contribution in [1.29, 1.82) is 0 Å². The number of ether oxygens (including phenoxy) is 1. The monoisotopic (exact) mass is 526 g/mol. The van der Waals surface area contributed by atoms with Crippen molar-refractivity contribution in [2.24, 2.45) is 5.10 Å². The average molecular weight is 527 g/mol. The summed E-state index contributed by atoms with van der Waals surface area (Å²) in [5, 5.41) is 4.62. The lowest BCUT2D eigenvalue weighted by Crippen LogP contribution is -2.25. The van der Waals surface area contributed by atoms with Crippen molar-refractivity contribution < 1.29 is 31.5 Å². The van der Waals surface area contributed by atoms with E-state index in [1.165, 1.54) is 19.1 Å². The predicted octanol–water partition coefficient (Wildman–Crippen LogP) is 7.07. The van der Waals surface area contributed by atoms with E-state index in [4.69, 9.17) is 27.9 Å².